The zero-order valence-corrected chi connectivity index (χ0v) is 28.5. The maximum absolute atomic E-state index is 12.2. The van der Waals surface area contributed by atoms with Gasteiger partial charge in [0.05, 0.1) is 6.61 Å². The summed E-state index contributed by atoms with van der Waals surface area (Å²) in [5.74, 6) is -1.34. The van der Waals surface area contributed by atoms with Gasteiger partial charge in [0.1, 0.15) is 0 Å². The fourth-order valence-electron chi connectivity index (χ4n) is 5.30. The average molecular weight is 601 g/mol. The van der Waals surface area contributed by atoms with Crippen LogP contribution in [0, 0.1) is 0 Å². The lowest BCUT2D eigenvalue weighted by atomic mass is 10.0. The van der Waals surface area contributed by atoms with E-state index < -0.39 is 11.9 Å². The number of carbonyl (C=O) groups excluding carboxylic acids is 2. The standard InChI is InChI=1S/C35H69O5P/c1-3-5-7-9-11-13-15-17-19-21-23-25-27-29-33(37)39-32(31-36)35(41)40-34(38)30-28-26-24-22-20-18-16-14-12-10-8-6-4-2/h32,35-36H,3-31,41H2,1-2H3. The molecule has 41 heavy (non-hydrogen) atoms. The van der Waals surface area contributed by atoms with Crippen LogP contribution in [-0.2, 0) is 19.1 Å². The van der Waals surface area contributed by atoms with Gasteiger partial charge in [0.15, 0.2) is 11.9 Å². The van der Waals surface area contributed by atoms with Crippen molar-refractivity contribution in [3.05, 3.63) is 0 Å². The van der Waals surface area contributed by atoms with Crippen LogP contribution >= 0.6 is 9.24 Å². The molecule has 0 saturated heterocycles. The predicted molar refractivity (Wildman–Crippen MR) is 177 cm³/mol. The molecule has 0 radical (unpaired) electrons. The van der Waals surface area contributed by atoms with Gasteiger partial charge in [-0.15, -0.1) is 0 Å². The van der Waals surface area contributed by atoms with Crippen LogP contribution in [0.4, 0.5) is 0 Å². The van der Waals surface area contributed by atoms with Gasteiger partial charge in [-0.25, -0.2) is 0 Å². The second-order valence-electron chi connectivity index (χ2n) is 12.2. The van der Waals surface area contributed by atoms with Crippen molar-refractivity contribution in [2.45, 2.75) is 206 Å². The Labute approximate surface area is 257 Å². The Hall–Kier alpha value is -0.670. The summed E-state index contributed by atoms with van der Waals surface area (Å²) in [5, 5.41) is 9.66. The molecule has 0 aliphatic carbocycles. The molecule has 0 aromatic rings. The highest BCUT2D eigenvalue weighted by atomic mass is 31.0. The van der Waals surface area contributed by atoms with Crippen molar-refractivity contribution < 1.29 is 24.2 Å². The van der Waals surface area contributed by atoms with Gasteiger partial charge in [0, 0.05) is 12.8 Å². The van der Waals surface area contributed by atoms with E-state index in [1.165, 1.54) is 128 Å². The largest absolute Gasteiger partial charge is 0.456 e. The van der Waals surface area contributed by atoms with E-state index in [0.29, 0.717) is 12.8 Å². The molecular weight excluding hydrogens is 531 g/mol. The monoisotopic (exact) mass is 600 g/mol. The molecule has 0 amide bonds. The van der Waals surface area contributed by atoms with Crippen LogP contribution in [0.1, 0.15) is 194 Å². The summed E-state index contributed by atoms with van der Waals surface area (Å²) in [4.78, 5) is 24.4. The van der Waals surface area contributed by atoms with Crippen molar-refractivity contribution in [1.29, 1.82) is 0 Å². The number of hydrogen-bond acceptors (Lipinski definition) is 5. The summed E-state index contributed by atoms with van der Waals surface area (Å²) in [5.41, 5.74) is 0. The van der Waals surface area contributed by atoms with Gasteiger partial charge in [0.25, 0.3) is 0 Å². The zero-order chi connectivity index (χ0) is 30.2. The predicted octanol–water partition coefficient (Wildman–Crippen LogP) is 10.6. The average Bonchev–Trinajstić information content (AvgIpc) is 2.96. The summed E-state index contributed by atoms with van der Waals surface area (Å²) in [6, 6.07) is 0. The molecule has 0 aromatic heterocycles. The van der Waals surface area contributed by atoms with Crippen LogP contribution in [0.2, 0.25) is 0 Å². The Morgan fingerprint density at radius 2 is 0.756 bits per heavy atom. The zero-order valence-electron chi connectivity index (χ0n) is 27.3. The van der Waals surface area contributed by atoms with Crippen LogP contribution in [0.5, 0.6) is 0 Å². The van der Waals surface area contributed by atoms with E-state index in [9.17, 15) is 14.7 Å². The molecule has 5 nitrogen and oxygen atoms in total. The Kier molecular flexibility index (Phi) is 31.7. The minimum absolute atomic E-state index is 0.293. The molecule has 0 heterocycles. The third-order valence-corrected chi connectivity index (χ3v) is 8.63. The molecular formula is C35H69O5P. The van der Waals surface area contributed by atoms with E-state index in [0.717, 1.165) is 38.5 Å². The Balaban J connectivity index is 3.67. The summed E-state index contributed by atoms with van der Waals surface area (Å²) < 4.78 is 10.8. The highest BCUT2D eigenvalue weighted by Gasteiger charge is 2.24. The first-order valence-corrected chi connectivity index (χ1v) is 18.5. The summed E-state index contributed by atoms with van der Waals surface area (Å²) in [7, 11) is 2.40. The van der Waals surface area contributed by atoms with E-state index in [-0.39, 0.29) is 18.5 Å². The van der Waals surface area contributed by atoms with Crippen molar-refractivity contribution in [1.82, 2.24) is 0 Å². The van der Waals surface area contributed by atoms with Gasteiger partial charge in [-0.2, -0.15) is 0 Å². The Morgan fingerprint density at radius 1 is 0.488 bits per heavy atom. The van der Waals surface area contributed by atoms with Gasteiger partial charge in [-0.3, -0.25) is 9.59 Å². The molecule has 244 valence electrons. The number of rotatable bonds is 32. The first-order valence-electron chi connectivity index (χ1n) is 17.8. The second-order valence-corrected chi connectivity index (χ2v) is 12.8. The number of hydrogen-bond donors (Lipinski definition) is 1. The van der Waals surface area contributed by atoms with Crippen LogP contribution in [0.25, 0.3) is 0 Å². The number of aliphatic hydroxyl groups is 1. The molecule has 0 spiro atoms. The first-order chi connectivity index (χ1) is 20.0. The van der Waals surface area contributed by atoms with Gasteiger partial charge in [-0.1, -0.05) is 177 Å². The Morgan fingerprint density at radius 3 is 1.05 bits per heavy atom. The van der Waals surface area contributed by atoms with E-state index >= 15 is 0 Å². The van der Waals surface area contributed by atoms with Crippen molar-refractivity contribution in [3.8, 4) is 0 Å². The van der Waals surface area contributed by atoms with Crippen LogP contribution in [0.15, 0.2) is 0 Å². The van der Waals surface area contributed by atoms with Gasteiger partial charge in [-0.05, 0) is 12.8 Å². The highest BCUT2D eigenvalue weighted by molar-refractivity contribution is 7.17. The number of esters is 2. The van der Waals surface area contributed by atoms with Crippen molar-refractivity contribution in [2.75, 3.05) is 6.61 Å². The lowest BCUT2D eigenvalue weighted by molar-refractivity contribution is -0.164. The lowest BCUT2D eigenvalue weighted by Crippen LogP contribution is -2.34. The number of aliphatic hydroxyl groups excluding tert-OH is 1. The SMILES string of the molecule is CCCCCCCCCCCCCCCC(=O)OC(P)C(CO)OC(=O)CCCCCCCCCCCCCCC. The fraction of sp³-hybridized carbons (Fsp3) is 0.943. The molecule has 0 aliphatic rings. The van der Waals surface area contributed by atoms with E-state index in [4.69, 9.17) is 9.47 Å². The number of carbonyl (C=O) groups is 2. The van der Waals surface area contributed by atoms with Crippen LogP contribution < -0.4 is 0 Å². The van der Waals surface area contributed by atoms with E-state index in [1.807, 2.05) is 0 Å². The number of unbranched alkanes of at least 4 members (excludes halogenated alkanes) is 24. The number of ether oxygens (including phenoxy) is 2. The third kappa shape index (κ3) is 29.2. The molecule has 3 unspecified atom stereocenters. The molecule has 0 saturated carbocycles. The summed E-state index contributed by atoms with van der Waals surface area (Å²) in [6.07, 6.45) is 32.7. The molecule has 0 aliphatic heterocycles. The summed E-state index contributed by atoms with van der Waals surface area (Å²) in [6.45, 7) is 4.16. The molecule has 0 fully saturated rings. The topological polar surface area (TPSA) is 72.8 Å². The molecule has 0 rings (SSSR count). The van der Waals surface area contributed by atoms with Crippen molar-refractivity contribution in [2.24, 2.45) is 0 Å². The van der Waals surface area contributed by atoms with Gasteiger partial charge < -0.3 is 14.6 Å². The normalized spacial score (nSPS) is 12.8. The Bertz CT molecular complexity index is 571. The maximum atomic E-state index is 12.2. The molecule has 3 atom stereocenters. The highest BCUT2D eigenvalue weighted by Crippen LogP contribution is 2.17. The smallest absolute Gasteiger partial charge is 0.306 e. The van der Waals surface area contributed by atoms with E-state index in [2.05, 4.69) is 23.1 Å². The minimum Gasteiger partial charge on any atom is -0.456 e. The minimum atomic E-state index is -0.829. The second kappa shape index (κ2) is 32.2. The van der Waals surface area contributed by atoms with Crippen molar-refractivity contribution >= 4 is 21.2 Å². The quantitative estimate of drug-likeness (QED) is 0.0472. The molecule has 0 aromatic carbocycles. The fourth-order valence-corrected chi connectivity index (χ4v) is 5.65. The molecule has 1 N–H and O–H groups in total. The van der Waals surface area contributed by atoms with Crippen LogP contribution in [-0.4, -0.2) is 35.6 Å². The summed E-state index contributed by atoms with van der Waals surface area (Å²) >= 11 is 0. The third-order valence-electron chi connectivity index (χ3n) is 8.07. The van der Waals surface area contributed by atoms with Gasteiger partial charge in [0.2, 0.25) is 0 Å². The molecule has 0 bridgehead atoms. The molecule has 6 heteroatoms. The van der Waals surface area contributed by atoms with E-state index in [1.54, 1.807) is 0 Å². The first kappa shape index (κ1) is 40.3. The van der Waals surface area contributed by atoms with Gasteiger partial charge >= 0.3 is 11.9 Å². The van der Waals surface area contributed by atoms with Crippen molar-refractivity contribution in [3.63, 3.8) is 0 Å². The lowest BCUT2D eigenvalue weighted by Gasteiger charge is -2.22. The van der Waals surface area contributed by atoms with Crippen LogP contribution in [0.3, 0.4) is 0 Å². The maximum Gasteiger partial charge on any atom is 0.306 e.